The lowest BCUT2D eigenvalue weighted by Crippen LogP contribution is -2.30. The summed E-state index contributed by atoms with van der Waals surface area (Å²) in [4.78, 5) is 15.1. The number of benzene rings is 1. The summed E-state index contributed by atoms with van der Waals surface area (Å²) in [5.74, 6) is 1.30. The second-order valence-electron chi connectivity index (χ2n) is 6.30. The van der Waals surface area contributed by atoms with E-state index in [2.05, 4.69) is 5.10 Å². The van der Waals surface area contributed by atoms with Crippen molar-refractivity contribution in [3.05, 3.63) is 46.1 Å². The minimum Gasteiger partial charge on any atom is -0.493 e. The van der Waals surface area contributed by atoms with Gasteiger partial charge in [0.1, 0.15) is 4.32 Å². The summed E-state index contributed by atoms with van der Waals surface area (Å²) in [6, 6.07) is 5.76. The first-order valence-electron chi connectivity index (χ1n) is 8.97. The molecule has 8 heteroatoms. The van der Waals surface area contributed by atoms with E-state index < -0.39 is 0 Å². The van der Waals surface area contributed by atoms with E-state index in [0.717, 1.165) is 23.4 Å². The number of carbonyl (C=O) groups is 1. The lowest BCUT2D eigenvalue weighted by atomic mass is 10.1. The van der Waals surface area contributed by atoms with Gasteiger partial charge < -0.3 is 9.47 Å². The number of carbonyl (C=O) groups excluding carboxylic acids is 1. The van der Waals surface area contributed by atoms with Crippen LogP contribution < -0.4 is 9.47 Å². The standard InChI is InChI=1S/C20H23N3O3S2/c1-5-22-12-15(13(2)21-22)11-18-19(24)23(20(27)28-18)9-8-14-6-7-16(25-3)17(10-14)26-4/h6-7,10-12H,5,8-9H2,1-4H3/b18-11-. The van der Waals surface area contributed by atoms with Crippen LogP contribution in [-0.4, -0.2) is 45.7 Å². The van der Waals surface area contributed by atoms with Gasteiger partial charge in [-0.3, -0.25) is 14.4 Å². The molecule has 2 heterocycles. The van der Waals surface area contributed by atoms with Crippen molar-refractivity contribution in [3.8, 4) is 11.5 Å². The molecule has 1 aromatic heterocycles. The number of rotatable bonds is 7. The maximum absolute atomic E-state index is 12.8. The van der Waals surface area contributed by atoms with E-state index in [1.807, 2.05) is 49.0 Å². The summed E-state index contributed by atoms with van der Waals surface area (Å²) in [5, 5.41) is 4.42. The number of methoxy groups -OCH3 is 2. The first-order valence-corrected chi connectivity index (χ1v) is 10.2. The minimum atomic E-state index is -0.0564. The van der Waals surface area contributed by atoms with Crippen LogP contribution in [0.1, 0.15) is 23.7 Å². The zero-order valence-electron chi connectivity index (χ0n) is 16.4. The third kappa shape index (κ3) is 4.23. The molecular formula is C20H23N3O3S2. The van der Waals surface area contributed by atoms with Gasteiger partial charge in [0.05, 0.1) is 24.8 Å². The summed E-state index contributed by atoms with van der Waals surface area (Å²) >= 11 is 6.78. The van der Waals surface area contributed by atoms with Gasteiger partial charge in [-0.25, -0.2) is 0 Å². The number of hydrogen-bond donors (Lipinski definition) is 0. The fraction of sp³-hybridized carbons (Fsp3) is 0.350. The average molecular weight is 418 g/mol. The number of aryl methyl sites for hydroxylation is 2. The molecule has 28 heavy (non-hydrogen) atoms. The topological polar surface area (TPSA) is 56.6 Å². The zero-order chi connectivity index (χ0) is 20.3. The molecule has 1 amide bonds. The van der Waals surface area contributed by atoms with Crippen LogP contribution >= 0.6 is 24.0 Å². The molecule has 0 saturated carbocycles. The van der Waals surface area contributed by atoms with Crippen molar-refractivity contribution in [1.82, 2.24) is 14.7 Å². The van der Waals surface area contributed by atoms with E-state index in [9.17, 15) is 4.79 Å². The Morgan fingerprint density at radius 3 is 2.64 bits per heavy atom. The monoisotopic (exact) mass is 417 g/mol. The highest BCUT2D eigenvalue weighted by Gasteiger charge is 2.31. The molecule has 3 rings (SSSR count). The fourth-order valence-corrected chi connectivity index (χ4v) is 4.25. The van der Waals surface area contributed by atoms with Crippen LogP contribution in [0, 0.1) is 6.92 Å². The Bertz CT molecular complexity index is 937. The van der Waals surface area contributed by atoms with Crippen LogP contribution in [0.3, 0.4) is 0 Å². The number of aromatic nitrogens is 2. The molecule has 0 radical (unpaired) electrons. The minimum absolute atomic E-state index is 0.0564. The van der Waals surface area contributed by atoms with Crippen molar-refractivity contribution in [1.29, 1.82) is 0 Å². The molecule has 1 saturated heterocycles. The molecule has 0 N–H and O–H groups in total. The first kappa shape index (κ1) is 20.4. The Kier molecular flexibility index (Phi) is 6.41. The van der Waals surface area contributed by atoms with E-state index >= 15 is 0 Å². The van der Waals surface area contributed by atoms with Crippen molar-refractivity contribution < 1.29 is 14.3 Å². The van der Waals surface area contributed by atoms with Crippen molar-refractivity contribution in [3.63, 3.8) is 0 Å². The predicted molar refractivity (Wildman–Crippen MR) is 116 cm³/mol. The first-order chi connectivity index (χ1) is 13.5. The predicted octanol–water partition coefficient (Wildman–Crippen LogP) is 3.67. The van der Waals surface area contributed by atoms with Gasteiger partial charge in [-0.15, -0.1) is 0 Å². The molecule has 1 aliphatic rings. The lowest BCUT2D eigenvalue weighted by Gasteiger charge is -2.15. The van der Waals surface area contributed by atoms with Crippen LogP contribution in [0.25, 0.3) is 6.08 Å². The van der Waals surface area contributed by atoms with Crippen LogP contribution in [0.4, 0.5) is 0 Å². The highest BCUT2D eigenvalue weighted by Crippen LogP contribution is 2.33. The van der Waals surface area contributed by atoms with E-state index in [4.69, 9.17) is 21.7 Å². The molecular weight excluding hydrogens is 394 g/mol. The van der Waals surface area contributed by atoms with Crippen LogP contribution in [0.5, 0.6) is 11.5 Å². The van der Waals surface area contributed by atoms with Crippen LogP contribution in [0.2, 0.25) is 0 Å². The van der Waals surface area contributed by atoms with Gasteiger partial charge in [-0.2, -0.15) is 5.10 Å². The van der Waals surface area contributed by atoms with Gasteiger partial charge in [0.2, 0.25) is 0 Å². The van der Waals surface area contributed by atoms with E-state index in [1.54, 1.807) is 19.1 Å². The normalized spacial score (nSPS) is 15.6. The Labute approximate surface area is 174 Å². The maximum atomic E-state index is 12.8. The second-order valence-corrected chi connectivity index (χ2v) is 7.97. The smallest absolute Gasteiger partial charge is 0.266 e. The van der Waals surface area contributed by atoms with Crippen molar-refractivity contribution in [2.45, 2.75) is 26.8 Å². The summed E-state index contributed by atoms with van der Waals surface area (Å²) in [5.41, 5.74) is 2.90. The molecule has 1 aromatic carbocycles. The number of thiocarbonyl (C=S) groups is 1. The van der Waals surface area contributed by atoms with Crippen LogP contribution in [0.15, 0.2) is 29.3 Å². The largest absolute Gasteiger partial charge is 0.493 e. The number of nitrogens with zero attached hydrogens (tertiary/aromatic N) is 3. The van der Waals surface area contributed by atoms with Gasteiger partial charge in [-0.1, -0.05) is 30.0 Å². The van der Waals surface area contributed by atoms with Crippen molar-refractivity contribution in [2.24, 2.45) is 0 Å². The van der Waals surface area contributed by atoms with Gasteiger partial charge in [-0.05, 0) is 44.0 Å². The van der Waals surface area contributed by atoms with E-state index in [0.29, 0.717) is 33.7 Å². The summed E-state index contributed by atoms with van der Waals surface area (Å²) in [6.45, 7) is 5.28. The van der Waals surface area contributed by atoms with Crippen molar-refractivity contribution in [2.75, 3.05) is 20.8 Å². The van der Waals surface area contributed by atoms with Gasteiger partial charge in [0.25, 0.3) is 5.91 Å². The van der Waals surface area contributed by atoms with E-state index in [1.165, 1.54) is 11.8 Å². The van der Waals surface area contributed by atoms with Gasteiger partial charge >= 0.3 is 0 Å². The Balaban J connectivity index is 1.72. The molecule has 0 atom stereocenters. The third-order valence-electron chi connectivity index (χ3n) is 4.54. The maximum Gasteiger partial charge on any atom is 0.266 e. The average Bonchev–Trinajstić information content (AvgIpc) is 3.19. The molecule has 2 aromatic rings. The lowest BCUT2D eigenvalue weighted by molar-refractivity contribution is -0.122. The fourth-order valence-electron chi connectivity index (χ4n) is 2.95. The molecule has 0 aliphatic carbocycles. The highest BCUT2D eigenvalue weighted by molar-refractivity contribution is 8.26. The highest BCUT2D eigenvalue weighted by atomic mass is 32.2. The quantitative estimate of drug-likeness (QED) is 0.506. The van der Waals surface area contributed by atoms with Gasteiger partial charge in [0.15, 0.2) is 11.5 Å². The molecule has 0 spiro atoms. The third-order valence-corrected chi connectivity index (χ3v) is 5.92. The van der Waals surface area contributed by atoms with Crippen LogP contribution in [-0.2, 0) is 17.8 Å². The molecule has 1 aliphatic heterocycles. The molecule has 1 fully saturated rings. The molecule has 6 nitrogen and oxygen atoms in total. The number of ether oxygens (including phenoxy) is 2. The summed E-state index contributed by atoms with van der Waals surface area (Å²) in [7, 11) is 3.22. The molecule has 0 unspecified atom stereocenters. The summed E-state index contributed by atoms with van der Waals surface area (Å²) in [6.07, 6.45) is 4.50. The number of thioether (sulfide) groups is 1. The molecule has 0 bridgehead atoms. The SMILES string of the molecule is CCn1cc(/C=C2\SC(=S)N(CCc3ccc(OC)c(OC)c3)C2=O)c(C)n1. The Hall–Kier alpha value is -2.32. The summed E-state index contributed by atoms with van der Waals surface area (Å²) < 4.78 is 13.1. The second kappa shape index (κ2) is 8.79. The Morgan fingerprint density at radius 1 is 1.25 bits per heavy atom. The van der Waals surface area contributed by atoms with E-state index in [-0.39, 0.29) is 5.91 Å². The Morgan fingerprint density at radius 2 is 2.00 bits per heavy atom. The number of amides is 1. The zero-order valence-corrected chi connectivity index (χ0v) is 18.0. The molecule has 148 valence electrons. The van der Waals surface area contributed by atoms with Crippen molar-refractivity contribution >= 4 is 40.3 Å². The van der Waals surface area contributed by atoms with Gasteiger partial charge in [0, 0.05) is 24.8 Å². The number of hydrogen-bond acceptors (Lipinski definition) is 6.